The first kappa shape index (κ1) is 13.9. The van der Waals surface area contributed by atoms with Crippen LogP contribution in [0, 0.1) is 0 Å². The monoisotopic (exact) mass is 258 g/mol. The maximum absolute atomic E-state index is 11.2. The Balaban J connectivity index is 2.32. The SMILES string of the molecule is CCCNC(CCSc1nnnn1C)C(N)=O. The van der Waals surface area contributed by atoms with E-state index in [-0.39, 0.29) is 11.9 Å². The Morgan fingerprint density at radius 3 is 2.94 bits per heavy atom. The topological polar surface area (TPSA) is 98.7 Å². The van der Waals surface area contributed by atoms with Gasteiger partial charge in [0.2, 0.25) is 11.1 Å². The summed E-state index contributed by atoms with van der Waals surface area (Å²) in [7, 11) is 1.78. The van der Waals surface area contributed by atoms with E-state index >= 15 is 0 Å². The number of hydrogen-bond acceptors (Lipinski definition) is 6. The molecular weight excluding hydrogens is 240 g/mol. The van der Waals surface area contributed by atoms with Crippen LogP contribution in [0.1, 0.15) is 19.8 Å². The van der Waals surface area contributed by atoms with Gasteiger partial charge in [-0.2, -0.15) is 0 Å². The van der Waals surface area contributed by atoms with Crippen molar-refractivity contribution in [2.45, 2.75) is 31.0 Å². The first-order valence-electron chi connectivity index (χ1n) is 5.53. The van der Waals surface area contributed by atoms with Gasteiger partial charge in [-0.05, 0) is 29.8 Å². The van der Waals surface area contributed by atoms with Gasteiger partial charge in [0.25, 0.3) is 0 Å². The van der Waals surface area contributed by atoms with Crippen LogP contribution in [0.25, 0.3) is 0 Å². The summed E-state index contributed by atoms with van der Waals surface area (Å²) in [6.07, 6.45) is 1.65. The molecule has 0 spiro atoms. The second kappa shape index (κ2) is 7.23. The van der Waals surface area contributed by atoms with Crippen LogP contribution in [0.4, 0.5) is 0 Å². The summed E-state index contributed by atoms with van der Waals surface area (Å²) in [5.74, 6) is 0.438. The molecule has 0 aliphatic rings. The minimum atomic E-state index is -0.310. The second-order valence-electron chi connectivity index (χ2n) is 3.63. The summed E-state index contributed by atoms with van der Waals surface area (Å²) in [4.78, 5) is 11.2. The first-order valence-corrected chi connectivity index (χ1v) is 6.51. The summed E-state index contributed by atoms with van der Waals surface area (Å²) < 4.78 is 1.60. The van der Waals surface area contributed by atoms with Gasteiger partial charge in [0, 0.05) is 12.8 Å². The Labute approximate surface area is 105 Å². The number of aryl methyl sites for hydroxylation is 1. The Hall–Kier alpha value is -1.15. The predicted octanol–water partition coefficient (Wildman–Crippen LogP) is -0.454. The number of hydrogen-bond donors (Lipinski definition) is 2. The van der Waals surface area contributed by atoms with E-state index in [1.165, 1.54) is 11.8 Å². The van der Waals surface area contributed by atoms with E-state index in [1.807, 2.05) is 6.92 Å². The lowest BCUT2D eigenvalue weighted by Crippen LogP contribution is -2.42. The van der Waals surface area contributed by atoms with Crippen LogP contribution >= 0.6 is 11.8 Å². The molecule has 0 radical (unpaired) electrons. The van der Waals surface area contributed by atoms with Gasteiger partial charge in [0.05, 0.1) is 6.04 Å². The predicted molar refractivity (Wildman–Crippen MR) is 65.4 cm³/mol. The van der Waals surface area contributed by atoms with Crippen molar-refractivity contribution in [3.05, 3.63) is 0 Å². The molecular formula is C9H18N6OS. The van der Waals surface area contributed by atoms with E-state index in [1.54, 1.807) is 11.7 Å². The van der Waals surface area contributed by atoms with Gasteiger partial charge in [-0.1, -0.05) is 18.7 Å². The van der Waals surface area contributed by atoms with Crippen molar-refractivity contribution in [2.24, 2.45) is 12.8 Å². The van der Waals surface area contributed by atoms with Gasteiger partial charge < -0.3 is 11.1 Å². The lowest BCUT2D eigenvalue weighted by atomic mass is 10.2. The number of nitrogens with two attached hydrogens (primary N) is 1. The van der Waals surface area contributed by atoms with Gasteiger partial charge in [-0.3, -0.25) is 4.79 Å². The zero-order valence-electron chi connectivity index (χ0n) is 10.1. The summed E-state index contributed by atoms with van der Waals surface area (Å²) in [5.41, 5.74) is 5.31. The van der Waals surface area contributed by atoms with Gasteiger partial charge in [0.1, 0.15) is 0 Å². The van der Waals surface area contributed by atoms with Crippen LogP contribution < -0.4 is 11.1 Å². The number of thioether (sulfide) groups is 1. The molecule has 0 fully saturated rings. The summed E-state index contributed by atoms with van der Waals surface area (Å²) >= 11 is 1.51. The average molecular weight is 258 g/mol. The Kier molecular flexibility index (Phi) is 5.92. The molecule has 1 heterocycles. The zero-order chi connectivity index (χ0) is 12.7. The summed E-state index contributed by atoms with van der Waals surface area (Å²) in [6, 6.07) is -0.274. The molecule has 1 atom stereocenters. The fraction of sp³-hybridized carbons (Fsp3) is 0.778. The molecule has 1 rings (SSSR count). The smallest absolute Gasteiger partial charge is 0.234 e. The molecule has 0 aliphatic carbocycles. The highest BCUT2D eigenvalue weighted by Crippen LogP contribution is 2.14. The molecule has 17 heavy (non-hydrogen) atoms. The van der Waals surface area contributed by atoms with Crippen LogP contribution in [0.3, 0.4) is 0 Å². The summed E-state index contributed by atoms with van der Waals surface area (Å²) in [6.45, 7) is 2.84. The Morgan fingerprint density at radius 2 is 2.41 bits per heavy atom. The molecule has 1 unspecified atom stereocenters. The van der Waals surface area contributed by atoms with Crippen LogP contribution in [0.15, 0.2) is 5.16 Å². The number of nitrogens with one attached hydrogen (secondary N) is 1. The first-order chi connectivity index (χ1) is 8.15. The molecule has 0 saturated heterocycles. The van der Waals surface area contributed by atoms with E-state index in [9.17, 15) is 4.79 Å². The number of carbonyl (C=O) groups excluding carboxylic acids is 1. The highest BCUT2D eigenvalue weighted by Gasteiger charge is 2.14. The van der Waals surface area contributed by atoms with Crippen LogP contribution in [0.5, 0.6) is 0 Å². The molecule has 0 aromatic carbocycles. The van der Waals surface area contributed by atoms with Crippen molar-refractivity contribution in [1.29, 1.82) is 0 Å². The molecule has 8 heteroatoms. The highest BCUT2D eigenvalue weighted by atomic mass is 32.2. The standard InChI is InChI=1S/C9H18N6OS/c1-3-5-11-7(8(10)16)4-6-17-9-12-13-14-15(9)2/h7,11H,3-6H2,1-2H3,(H2,10,16). The average Bonchev–Trinajstić information content (AvgIpc) is 2.69. The van der Waals surface area contributed by atoms with Crippen molar-refractivity contribution < 1.29 is 4.79 Å². The van der Waals surface area contributed by atoms with E-state index in [0.29, 0.717) is 6.42 Å². The van der Waals surface area contributed by atoms with Crippen LogP contribution in [-0.4, -0.2) is 44.5 Å². The lowest BCUT2D eigenvalue weighted by Gasteiger charge is -2.13. The number of primary amides is 1. The van der Waals surface area contributed by atoms with Gasteiger partial charge in [0.15, 0.2) is 0 Å². The minimum absolute atomic E-state index is 0.274. The van der Waals surface area contributed by atoms with Gasteiger partial charge in [-0.15, -0.1) is 5.10 Å². The lowest BCUT2D eigenvalue weighted by molar-refractivity contribution is -0.120. The number of nitrogens with zero attached hydrogens (tertiary/aromatic N) is 4. The third kappa shape index (κ3) is 4.70. The molecule has 7 nitrogen and oxygen atoms in total. The van der Waals surface area contributed by atoms with Crippen molar-refractivity contribution in [2.75, 3.05) is 12.3 Å². The van der Waals surface area contributed by atoms with Crippen molar-refractivity contribution >= 4 is 17.7 Å². The number of carbonyl (C=O) groups is 1. The van der Waals surface area contributed by atoms with E-state index in [2.05, 4.69) is 20.8 Å². The van der Waals surface area contributed by atoms with E-state index in [4.69, 9.17) is 5.73 Å². The summed E-state index contributed by atoms with van der Waals surface area (Å²) in [5, 5.41) is 15.0. The second-order valence-corrected chi connectivity index (χ2v) is 4.69. The molecule has 96 valence electrons. The molecule has 1 aromatic rings. The van der Waals surface area contributed by atoms with E-state index < -0.39 is 0 Å². The molecule has 0 aliphatic heterocycles. The molecule has 1 aromatic heterocycles. The third-order valence-corrected chi connectivity index (χ3v) is 3.25. The van der Waals surface area contributed by atoms with Crippen molar-refractivity contribution in [3.8, 4) is 0 Å². The van der Waals surface area contributed by atoms with Gasteiger partial charge >= 0.3 is 0 Å². The Morgan fingerprint density at radius 1 is 1.65 bits per heavy atom. The number of amides is 1. The van der Waals surface area contributed by atoms with Crippen LogP contribution in [-0.2, 0) is 11.8 Å². The number of rotatable bonds is 8. The molecule has 3 N–H and O–H groups in total. The van der Waals surface area contributed by atoms with E-state index in [0.717, 1.165) is 23.9 Å². The largest absolute Gasteiger partial charge is 0.368 e. The third-order valence-electron chi connectivity index (χ3n) is 2.20. The van der Waals surface area contributed by atoms with Crippen molar-refractivity contribution in [1.82, 2.24) is 25.5 Å². The fourth-order valence-electron chi connectivity index (χ4n) is 1.28. The van der Waals surface area contributed by atoms with Gasteiger partial charge in [-0.25, -0.2) is 4.68 Å². The minimum Gasteiger partial charge on any atom is -0.368 e. The fourth-order valence-corrected chi connectivity index (χ4v) is 2.13. The normalized spacial score (nSPS) is 12.6. The number of tetrazole rings is 1. The maximum atomic E-state index is 11.2. The quantitative estimate of drug-likeness (QED) is 0.613. The highest BCUT2D eigenvalue weighted by molar-refractivity contribution is 7.99. The Bertz CT molecular complexity index is 355. The molecule has 1 amide bonds. The zero-order valence-corrected chi connectivity index (χ0v) is 10.9. The van der Waals surface area contributed by atoms with Crippen molar-refractivity contribution in [3.63, 3.8) is 0 Å². The van der Waals surface area contributed by atoms with Crippen LogP contribution in [0.2, 0.25) is 0 Å². The molecule has 0 saturated carbocycles. The maximum Gasteiger partial charge on any atom is 0.234 e. The number of aromatic nitrogens is 4. The molecule has 0 bridgehead atoms.